The van der Waals surface area contributed by atoms with Crippen LogP contribution in [0.2, 0.25) is 0 Å². The number of carbonyl (C=O) groups is 1. The fourth-order valence-electron chi connectivity index (χ4n) is 2.12. The molecular formula is C15H16BrN3OS. The van der Waals surface area contributed by atoms with E-state index in [1.54, 1.807) is 43.0 Å². The van der Waals surface area contributed by atoms with Crippen LogP contribution in [-0.4, -0.2) is 34.9 Å². The van der Waals surface area contributed by atoms with Gasteiger partial charge in [-0.25, -0.2) is 0 Å². The molecule has 0 aromatic carbocycles. The average Bonchev–Trinajstić information content (AvgIpc) is 2.99. The number of rotatable bonds is 5. The number of likely N-dealkylation sites (N-methyl/N-ethyl adjacent to an activating group) is 1. The maximum atomic E-state index is 12.6. The second kappa shape index (κ2) is 6.95. The summed E-state index contributed by atoms with van der Waals surface area (Å²) < 4.78 is 0.884. The summed E-state index contributed by atoms with van der Waals surface area (Å²) in [5.74, 6) is -0.532. The van der Waals surface area contributed by atoms with Crippen molar-refractivity contribution in [2.45, 2.75) is 11.8 Å². The summed E-state index contributed by atoms with van der Waals surface area (Å²) in [6, 6.07) is 3.76. The molecule has 2 aromatic heterocycles. The van der Waals surface area contributed by atoms with Gasteiger partial charge in [-0.1, -0.05) is 6.08 Å². The van der Waals surface area contributed by atoms with Crippen LogP contribution in [0.25, 0.3) is 0 Å². The molecule has 0 bridgehead atoms. The van der Waals surface area contributed by atoms with Crippen LogP contribution < -0.4 is 0 Å². The van der Waals surface area contributed by atoms with Crippen LogP contribution >= 0.6 is 27.3 Å². The van der Waals surface area contributed by atoms with Crippen molar-refractivity contribution in [1.82, 2.24) is 14.9 Å². The number of hydrogen-bond acceptors (Lipinski definition) is 4. The Hall–Kier alpha value is -1.53. The first kappa shape index (κ1) is 15.9. The highest BCUT2D eigenvalue weighted by atomic mass is 79.9. The second-order valence-corrected chi connectivity index (χ2v) is 6.61. The van der Waals surface area contributed by atoms with E-state index in [1.165, 1.54) is 11.3 Å². The predicted molar refractivity (Wildman–Crippen MR) is 88.4 cm³/mol. The van der Waals surface area contributed by atoms with Crippen LogP contribution in [0.4, 0.5) is 0 Å². The zero-order valence-electron chi connectivity index (χ0n) is 11.9. The van der Waals surface area contributed by atoms with Crippen molar-refractivity contribution in [3.8, 4) is 0 Å². The van der Waals surface area contributed by atoms with Crippen LogP contribution in [0.3, 0.4) is 0 Å². The molecule has 2 rings (SSSR count). The van der Waals surface area contributed by atoms with Gasteiger partial charge in [-0.05, 0) is 28.1 Å². The molecule has 110 valence electrons. The Kier molecular flexibility index (Phi) is 5.25. The first-order valence-electron chi connectivity index (χ1n) is 6.38. The first-order chi connectivity index (χ1) is 10.0. The molecule has 0 aliphatic heterocycles. The third-order valence-electron chi connectivity index (χ3n) is 3.17. The quantitative estimate of drug-likeness (QED) is 0.762. The van der Waals surface area contributed by atoms with E-state index in [-0.39, 0.29) is 11.8 Å². The van der Waals surface area contributed by atoms with E-state index in [9.17, 15) is 4.79 Å². The summed E-state index contributed by atoms with van der Waals surface area (Å²) in [7, 11) is 3.50. The van der Waals surface area contributed by atoms with E-state index in [0.717, 1.165) is 15.0 Å². The lowest BCUT2D eigenvalue weighted by molar-refractivity contribution is -0.130. The summed E-state index contributed by atoms with van der Waals surface area (Å²) in [6.07, 6.45) is 5.28. The summed E-state index contributed by atoms with van der Waals surface area (Å²) in [6.45, 7) is 3.89. The maximum absolute atomic E-state index is 12.6. The van der Waals surface area contributed by atoms with E-state index in [1.807, 2.05) is 12.1 Å². The lowest BCUT2D eigenvalue weighted by atomic mass is 9.87. The fourth-order valence-corrected chi connectivity index (χ4v) is 3.11. The standard InChI is InChI=1S/C15H16BrN3OS/c1-4-11(13-8-17-9-21-13)14(15(20)19(2)3)12-6-5-10(16)7-18-12/h4-9,11,14H,1H2,2-3H3/t11-,14-/m1/s1. The van der Waals surface area contributed by atoms with Gasteiger partial charge >= 0.3 is 0 Å². The topological polar surface area (TPSA) is 46.1 Å². The minimum absolute atomic E-state index is 0.00289. The zero-order chi connectivity index (χ0) is 15.4. The minimum Gasteiger partial charge on any atom is -0.348 e. The largest absolute Gasteiger partial charge is 0.348 e. The molecule has 0 unspecified atom stereocenters. The number of halogens is 1. The van der Waals surface area contributed by atoms with Gasteiger partial charge in [0.2, 0.25) is 5.91 Å². The van der Waals surface area contributed by atoms with Gasteiger partial charge in [0.25, 0.3) is 0 Å². The molecule has 21 heavy (non-hydrogen) atoms. The smallest absolute Gasteiger partial charge is 0.232 e. The number of pyridine rings is 1. The van der Waals surface area contributed by atoms with Gasteiger partial charge in [-0.3, -0.25) is 14.8 Å². The van der Waals surface area contributed by atoms with Crippen molar-refractivity contribution in [3.63, 3.8) is 0 Å². The summed E-state index contributed by atoms with van der Waals surface area (Å²) in [4.78, 5) is 23.7. The average molecular weight is 366 g/mol. The molecule has 0 N–H and O–H groups in total. The third kappa shape index (κ3) is 3.57. The number of amides is 1. The molecule has 2 aromatic rings. The van der Waals surface area contributed by atoms with Gasteiger partial charge in [-0.15, -0.1) is 17.9 Å². The van der Waals surface area contributed by atoms with Crippen molar-refractivity contribution in [2.24, 2.45) is 0 Å². The molecule has 1 amide bonds. The molecule has 0 fully saturated rings. The van der Waals surface area contributed by atoms with E-state index < -0.39 is 5.92 Å². The Balaban J connectivity index is 2.47. The highest BCUT2D eigenvalue weighted by Gasteiger charge is 2.32. The van der Waals surface area contributed by atoms with Crippen LogP contribution in [-0.2, 0) is 4.79 Å². The Labute approximate surface area is 136 Å². The molecule has 0 aliphatic carbocycles. The SMILES string of the molecule is C=C[C@H](c1cncs1)[C@@H](C(=O)N(C)C)c1ccc(Br)cn1. The van der Waals surface area contributed by atoms with Crippen molar-refractivity contribution in [1.29, 1.82) is 0 Å². The Morgan fingerprint density at radius 1 is 1.43 bits per heavy atom. The van der Waals surface area contributed by atoms with Gasteiger partial charge < -0.3 is 4.90 Å². The lowest BCUT2D eigenvalue weighted by Gasteiger charge is -2.25. The Morgan fingerprint density at radius 2 is 2.19 bits per heavy atom. The lowest BCUT2D eigenvalue weighted by Crippen LogP contribution is -2.31. The molecule has 0 saturated carbocycles. The van der Waals surface area contributed by atoms with Crippen LogP contribution in [0.15, 0.2) is 47.2 Å². The molecule has 0 saturated heterocycles. The predicted octanol–water partition coefficient (Wildman–Crippen LogP) is 3.44. The number of hydrogen-bond donors (Lipinski definition) is 0. The summed E-state index contributed by atoms with van der Waals surface area (Å²) in [5.41, 5.74) is 2.49. The molecule has 2 atom stereocenters. The Bertz CT molecular complexity index is 610. The highest BCUT2D eigenvalue weighted by Crippen LogP contribution is 2.36. The van der Waals surface area contributed by atoms with Gasteiger partial charge in [0.1, 0.15) is 0 Å². The van der Waals surface area contributed by atoms with Gasteiger partial charge in [0.15, 0.2) is 0 Å². The van der Waals surface area contributed by atoms with E-state index >= 15 is 0 Å². The number of nitrogens with zero attached hydrogens (tertiary/aromatic N) is 3. The maximum Gasteiger partial charge on any atom is 0.232 e. The van der Waals surface area contributed by atoms with Crippen molar-refractivity contribution in [3.05, 3.63) is 57.7 Å². The first-order valence-corrected chi connectivity index (χ1v) is 8.05. The monoisotopic (exact) mass is 365 g/mol. The van der Waals surface area contributed by atoms with Crippen LogP contribution in [0.5, 0.6) is 0 Å². The highest BCUT2D eigenvalue weighted by molar-refractivity contribution is 9.10. The van der Waals surface area contributed by atoms with Crippen LogP contribution in [0, 0.1) is 0 Å². The second-order valence-electron chi connectivity index (χ2n) is 4.78. The number of allylic oxidation sites excluding steroid dienone is 1. The minimum atomic E-state index is -0.397. The van der Waals surface area contributed by atoms with Gasteiger partial charge in [0, 0.05) is 41.8 Å². The zero-order valence-corrected chi connectivity index (χ0v) is 14.3. The molecule has 2 heterocycles. The van der Waals surface area contributed by atoms with E-state index in [4.69, 9.17) is 0 Å². The molecule has 0 aliphatic rings. The number of aromatic nitrogens is 2. The van der Waals surface area contributed by atoms with Crippen molar-refractivity contribution in [2.75, 3.05) is 14.1 Å². The van der Waals surface area contributed by atoms with Crippen molar-refractivity contribution < 1.29 is 4.79 Å². The normalized spacial score (nSPS) is 13.5. The van der Waals surface area contributed by atoms with Crippen LogP contribution in [0.1, 0.15) is 22.4 Å². The molecule has 0 spiro atoms. The molecule has 6 heteroatoms. The number of carbonyl (C=O) groups excluding carboxylic acids is 1. The van der Waals surface area contributed by atoms with Gasteiger partial charge in [-0.2, -0.15) is 0 Å². The Morgan fingerprint density at radius 3 is 2.67 bits per heavy atom. The van der Waals surface area contributed by atoms with E-state index in [2.05, 4.69) is 32.5 Å². The molecular weight excluding hydrogens is 350 g/mol. The van der Waals surface area contributed by atoms with Gasteiger partial charge in [0.05, 0.1) is 17.1 Å². The van der Waals surface area contributed by atoms with E-state index in [0.29, 0.717) is 0 Å². The number of thiazole rings is 1. The summed E-state index contributed by atoms with van der Waals surface area (Å²) >= 11 is 4.89. The molecule has 0 radical (unpaired) electrons. The molecule has 4 nitrogen and oxygen atoms in total. The summed E-state index contributed by atoms with van der Waals surface area (Å²) in [5, 5.41) is 0. The third-order valence-corrected chi connectivity index (χ3v) is 4.51. The van der Waals surface area contributed by atoms with Crippen molar-refractivity contribution >= 4 is 33.2 Å². The fraction of sp³-hybridized carbons (Fsp3) is 0.267.